The van der Waals surface area contributed by atoms with Crippen LogP contribution in [0, 0.1) is 11.8 Å². The molecule has 1 saturated heterocycles. The second kappa shape index (κ2) is 5.88. The predicted molar refractivity (Wildman–Crippen MR) is 72.5 cm³/mol. The molecule has 2 heteroatoms. The molecule has 1 nitrogen and oxygen atoms in total. The maximum atomic E-state index is 5.97. The van der Waals surface area contributed by atoms with E-state index in [1.807, 2.05) is 0 Å². The number of halogens is 1. The van der Waals surface area contributed by atoms with Crippen molar-refractivity contribution in [3.05, 3.63) is 35.4 Å². The van der Waals surface area contributed by atoms with E-state index in [1.165, 1.54) is 11.1 Å². The molecule has 1 aromatic carbocycles. The third-order valence-electron chi connectivity index (χ3n) is 3.36. The van der Waals surface area contributed by atoms with Crippen molar-refractivity contribution in [3.63, 3.8) is 0 Å². The monoisotopic (exact) mass is 252 g/mol. The molecule has 1 aliphatic rings. The van der Waals surface area contributed by atoms with E-state index in [0.29, 0.717) is 17.7 Å². The molecule has 0 aromatic heterocycles. The Hall–Kier alpha value is -0.530. The molecule has 2 atom stereocenters. The van der Waals surface area contributed by atoms with E-state index in [1.54, 1.807) is 0 Å². The van der Waals surface area contributed by atoms with Crippen LogP contribution in [0.2, 0.25) is 0 Å². The van der Waals surface area contributed by atoms with Gasteiger partial charge in [0, 0.05) is 18.4 Å². The Bertz CT molecular complexity index is 344. The number of alkyl halides is 1. The van der Waals surface area contributed by atoms with E-state index in [4.69, 9.17) is 16.3 Å². The average molecular weight is 253 g/mol. The fraction of sp³-hybridized carbons (Fsp3) is 0.600. The molecule has 0 saturated carbocycles. The van der Waals surface area contributed by atoms with Gasteiger partial charge in [0.2, 0.25) is 0 Å². The molecule has 1 fully saturated rings. The SMILES string of the molecule is CC(C)Cc1ccc(C2OCCC2CCl)cc1. The zero-order valence-corrected chi connectivity index (χ0v) is 11.4. The Morgan fingerprint density at radius 3 is 2.59 bits per heavy atom. The van der Waals surface area contributed by atoms with Crippen LogP contribution in [0.25, 0.3) is 0 Å². The third kappa shape index (κ3) is 3.23. The predicted octanol–water partition coefficient (Wildman–Crippen LogP) is 4.20. The van der Waals surface area contributed by atoms with Crippen LogP contribution in [0.3, 0.4) is 0 Å². The highest BCUT2D eigenvalue weighted by Crippen LogP contribution is 2.35. The summed E-state index contributed by atoms with van der Waals surface area (Å²) in [5, 5.41) is 0. The van der Waals surface area contributed by atoms with Gasteiger partial charge in [-0.15, -0.1) is 11.6 Å². The smallest absolute Gasteiger partial charge is 0.0865 e. The summed E-state index contributed by atoms with van der Waals surface area (Å²) in [6.07, 6.45) is 2.44. The molecule has 1 aliphatic heterocycles. The molecule has 0 radical (unpaired) electrons. The van der Waals surface area contributed by atoms with Gasteiger partial charge in [0.25, 0.3) is 0 Å². The van der Waals surface area contributed by atoms with E-state index in [-0.39, 0.29) is 6.10 Å². The average Bonchev–Trinajstić information content (AvgIpc) is 2.77. The summed E-state index contributed by atoms with van der Waals surface area (Å²) < 4.78 is 5.78. The Morgan fingerprint density at radius 2 is 2.00 bits per heavy atom. The van der Waals surface area contributed by atoms with E-state index in [9.17, 15) is 0 Å². The van der Waals surface area contributed by atoms with Gasteiger partial charge in [0.1, 0.15) is 0 Å². The van der Waals surface area contributed by atoms with Crippen molar-refractivity contribution in [3.8, 4) is 0 Å². The minimum atomic E-state index is 0.209. The first-order valence-corrected chi connectivity index (χ1v) is 7.00. The third-order valence-corrected chi connectivity index (χ3v) is 3.76. The van der Waals surface area contributed by atoms with Gasteiger partial charge in [0.05, 0.1) is 6.10 Å². The topological polar surface area (TPSA) is 9.23 Å². The van der Waals surface area contributed by atoms with Crippen LogP contribution < -0.4 is 0 Å². The second-order valence-electron chi connectivity index (χ2n) is 5.33. The molecule has 1 aromatic rings. The number of rotatable bonds is 4. The van der Waals surface area contributed by atoms with E-state index in [0.717, 1.165) is 19.4 Å². The fourth-order valence-corrected chi connectivity index (χ4v) is 2.79. The highest BCUT2D eigenvalue weighted by atomic mass is 35.5. The molecule has 0 spiro atoms. The molecule has 2 unspecified atom stereocenters. The van der Waals surface area contributed by atoms with Crippen LogP contribution in [0.1, 0.15) is 37.5 Å². The molecular weight excluding hydrogens is 232 g/mol. The summed E-state index contributed by atoms with van der Waals surface area (Å²) in [6, 6.07) is 8.85. The zero-order valence-electron chi connectivity index (χ0n) is 10.7. The van der Waals surface area contributed by atoms with Crippen LogP contribution in [0.5, 0.6) is 0 Å². The highest BCUT2D eigenvalue weighted by molar-refractivity contribution is 6.18. The zero-order chi connectivity index (χ0) is 12.3. The molecule has 2 rings (SSSR count). The fourth-order valence-electron chi connectivity index (χ4n) is 2.48. The van der Waals surface area contributed by atoms with Gasteiger partial charge < -0.3 is 4.74 Å². The number of ether oxygens (including phenoxy) is 1. The van der Waals surface area contributed by atoms with Gasteiger partial charge in [-0.25, -0.2) is 0 Å². The lowest BCUT2D eigenvalue weighted by atomic mass is 9.95. The summed E-state index contributed by atoms with van der Waals surface area (Å²) in [6.45, 7) is 5.34. The second-order valence-corrected chi connectivity index (χ2v) is 5.64. The van der Waals surface area contributed by atoms with Crippen LogP contribution >= 0.6 is 11.6 Å². The Morgan fingerprint density at radius 1 is 1.29 bits per heavy atom. The summed E-state index contributed by atoms with van der Waals surface area (Å²) in [4.78, 5) is 0. The molecule has 94 valence electrons. The minimum absolute atomic E-state index is 0.209. The first-order valence-electron chi connectivity index (χ1n) is 6.47. The molecule has 0 bridgehead atoms. The lowest BCUT2D eigenvalue weighted by molar-refractivity contribution is 0.0951. The largest absolute Gasteiger partial charge is 0.373 e. The quantitative estimate of drug-likeness (QED) is 0.730. The molecular formula is C15H21ClO. The highest BCUT2D eigenvalue weighted by Gasteiger charge is 2.28. The first kappa shape index (κ1) is 12.9. The standard InChI is InChI=1S/C15H21ClO/c1-11(2)9-12-3-5-13(6-4-12)15-14(10-16)7-8-17-15/h3-6,11,14-15H,7-10H2,1-2H3. The van der Waals surface area contributed by atoms with Crippen molar-refractivity contribution < 1.29 is 4.74 Å². The van der Waals surface area contributed by atoms with Crippen molar-refractivity contribution in [2.45, 2.75) is 32.8 Å². The van der Waals surface area contributed by atoms with Gasteiger partial charge in [-0.05, 0) is 29.9 Å². The van der Waals surface area contributed by atoms with E-state index in [2.05, 4.69) is 38.1 Å². The van der Waals surface area contributed by atoms with Crippen molar-refractivity contribution in [2.75, 3.05) is 12.5 Å². The number of hydrogen-bond donors (Lipinski definition) is 0. The molecule has 0 aliphatic carbocycles. The first-order chi connectivity index (χ1) is 8.20. The van der Waals surface area contributed by atoms with Gasteiger partial charge in [-0.3, -0.25) is 0 Å². The van der Waals surface area contributed by atoms with Gasteiger partial charge >= 0.3 is 0 Å². The minimum Gasteiger partial charge on any atom is -0.373 e. The van der Waals surface area contributed by atoms with Crippen molar-refractivity contribution in [1.82, 2.24) is 0 Å². The van der Waals surface area contributed by atoms with E-state index < -0.39 is 0 Å². The van der Waals surface area contributed by atoms with Gasteiger partial charge in [0.15, 0.2) is 0 Å². The summed E-state index contributed by atoms with van der Waals surface area (Å²) in [5.41, 5.74) is 2.69. The molecule has 0 N–H and O–H groups in total. The van der Waals surface area contributed by atoms with Gasteiger partial charge in [-0.1, -0.05) is 38.1 Å². The molecule has 17 heavy (non-hydrogen) atoms. The van der Waals surface area contributed by atoms with Crippen molar-refractivity contribution in [1.29, 1.82) is 0 Å². The number of benzene rings is 1. The maximum absolute atomic E-state index is 5.97. The van der Waals surface area contributed by atoms with E-state index >= 15 is 0 Å². The van der Waals surface area contributed by atoms with Crippen LogP contribution in [0.4, 0.5) is 0 Å². The molecule has 0 amide bonds. The summed E-state index contributed by atoms with van der Waals surface area (Å²) in [7, 11) is 0. The van der Waals surface area contributed by atoms with Crippen LogP contribution in [-0.2, 0) is 11.2 Å². The Labute approximate surface area is 109 Å². The van der Waals surface area contributed by atoms with Crippen LogP contribution in [0.15, 0.2) is 24.3 Å². The van der Waals surface area contributed by atoms with Crippen molar-refractivity contribution in [2.24, 2.45) is 11.8 Å². The van der Waals surface area contributed by atoms with Gasteiger partial charge in [-0.2, -0.15) is 0 Å². The normalized spacial score (nSPS) is 24.5. The lowest BCUT2D eigenvalue weighted by Crippen LogP contribution is -2.09. The lowest BCUT2D eigenvalue weighted by Gasteiger charge is -2.17. The summed E-state index contributed by atoms with van der Waals surface area (Å²) >= 11 is 5.97. The molecule has 1 heterocycles. The maximum Gasteiger partial charge on any atom is 0.0865 e. The number of hydrogen-bond acceptors (Lipinski definition) is 1. The van der Waals surface area contributed by atoms with Crippen molar-refractivity contribution >= 4 is 11.6 Å². The Kier molecular flexibility index (Phi) is 4.47. The van der Waals surface area contributed by atoms with Crippen LogP contribution in [-0.4, -0.2) is 12.5 Å². The Balaban J connectivity index is 2.07. The summed E-state index contributed by atoms with van der Waals surface area (Å²) in [5.74, 6) is 1.88.